The van der Waals surface area contributed by atoms with Crippen molar-refractivity contribution >= 4 is 66.7 Å². The number of esters is 2. The van der Waals surface area contributed by atoms with Gasteiger partial charge < -0.3 is 57.9 Å². The van der Waals surface area contributed by atoms with Crippen molar-refractivity contribution in [2.24, 2.45) is 23.7 Å². The summed E-state index contributed by atoms with van der Waals surface area (Å²) < 4.78 is 159. The maximum absolute atomic E-state index is 14.4. The Morgan fingerprint density at radius 1 is 0.600 bits per heavy atom. The minimum atomic E-state index is -4.93. The third-order valence-corrected chi connectivity index (χ3v) is 32.8. The fourth-order valence-corrected chi connectivity index (χ4v) is 17.3. The van der Waals surface area contributed by atoms with Gasteiger partial charge in [0.2, 0.25) is 46.0 Å². The number of carbonyl (C=O) groups excluding carboxylic acids is 2. The lowest BCUT2D eigenvalue weighted by Gasteiger charge is -2.42. The number of aliphatic hydroxyl groups is 1. The van der Waals surface area contributed by atoms with E-state index in [1.165, 1.54) is 43.8 Å². The standard InChI is InChI=1S/C34H51N6O7PSi.C21H23F5NO5P.C19H29N5O3Si/c1-10-25(11-2)19-43-32(41)24(4)39-48(42,46-26-15-13-12-14-16-26)44-20-28-23(3)30(47-49(8,9)33(5,6)7)34(21-35,45-28)29-18-17-27-31(36)37-22-38-40(27)29;1-4-13(5-2)11-30-21(28)12(3)27-33(29,31-14-9-7-6-8-10-14)32-20-18(25)16(23)15(22)17(24)19(20)26;1-12-14(9-25)26-19(10-20,16(12)27-28(5,6)18(2,3)4)15-8-7-13-17(21)22-11-23-24(13)15/h12-18,22-25,28,30H,10-11,19-20H2,1-9H3,(H,39,42)(H2,36,37,38);6-10,12-13H,4-5,11H2,1-3H3,(H,27,29);7-8,11-12,14,16,25H,9H2,1-6H3,(H2,21,22,23)/t23-,24+,28-,30-,34+,48+;12-,33-;12-,14-,16-,19+/m101/s1. The van der Waals surface area contributed by atoms with Gasteiger partial charge in [-0.2, -0.15) is 39.7 Å². The highest BCUT2D eigenvalue weighted by atomic mass is 31.2. The molecule has 9 rings (SSSR count). The Bertz CT molecular complexity index is 4460. The zero-order chi connectivity index (χ0) is 81.9. The molecular weight excluding hydrogens is 1510 g/mol. The van der Waals surface area contributed by atoms with Crippen LogP contribution in [0.4, 0.5) is 33.6 Å². The molecule has 0 amide bonds. The number of nitrogen functional groups attached to an aromatic ring is 2. The summed E-state index contributed by atoms with van der Waals surface area (Å²) in [6, 6.07) is 25.0. The molecule has 0 spiro atoms. The Labute approximate surface area is 640 Å². The number of ether oxygens (including phenoxy) is 4. The van der Waals surface area contributed by atoms with E-state index in [1.54, 1.807) is 76.6 Å². The van der Waals surface area contributed by atoms with Crippen LogP contribution in [0.1, 0.15) is 134 Å². The molecule has 0 bridgehead atoms. The number of nitrogens with two attached hydrogens (primary N) is 2. The second-order valence-corrected chi connectivity index (χ2v) is 43.1. The van der Waals surface area contributed by atoms with Gasteiger partial charge in [0.15, 0.2) is 28.3 Å². The van der Waals surface area contributed by atoms with E-state index in [-0.39, 0.29) is 71.6 Å². The molecule has 7 N–H and O–H groups in total. The van der Waals surface area contributed by atoms with E-state index in [1.807, 2.05) is 41.5 Å². The first-order valence-corrected chi connectivity index (χ1v) is 45.2. The normalized spacial score (nSPS) is 21.8. The van der Waals surface area contributed by atoms with Crippen LogP contribution in [0.5, 0.6) is 17.2 Å². The molecule has 0 aliphatic carbocycles. The molecule has 2 aliphatic heterocycles. The van der Waals surface area contributed by atoms with Crippen molar-refractivity contribution in [3.8, 4) is 29.4 Å². The molecular formula is C74H103F5N12O15P2Si2. The number of rotatable bonds is 30. The van der Waals surface area contributed by atoms with Gasteiger partial charge in [-0.05, 0) is 110 Å². The number of aromatic nitrogens is 6. The summed E-state index contributed by atoms with van der Waals surface area (Å²) in [5, 5.41) is 44.4. The number of nitrogens with zero attached hydrogens (tertiary/aromatic N) is 8. The largest absolute Gasteiger partial charge is 0.513 e. The third-order valence-electron chi connectivity index (χ3n) is 20.7. The molecule has 4 aromatic heterocycles. The molecule has 12 atom stereocenters. The molecule has 0 saturated carbocycles. The maximum Gasteiger partial charge on any atom is 0.513 e. The number of anilines is 2. The second kappa shape index (κ2) is 36.7. The number of para-hydroxylation sites is 2. The predicted octanol–water partition coefficient (Wildman–Crippen LogP) is 15.0. The highest BCUT2D eigenvalue weighted by Crippen LogP contribution is 2.54. The molecule has 2 fully saturated rings. The topological polar surface area (TPSA) is 365 Å². The number of hydrogen-bond acceptors (Lipinski definition) is 23. The number of nitriles is 2. The first kappa shape index (κ1) is 89.2. The number of nitrogens with one attached hydrogen (secondary N) is 2. The average Bonchev–Trinajstić information content (AvgIpc) is 1.57. The molecule has 2 saturated heterocycles. The Morgan fingerprint density at radius 3 is 1.34 bits per heavy atom. The van der Waals surface area contributed by atoms with Crippen molar-refractivity contribution in [1.29, 1.82) is 10.5 Å². The fourth-order valence-electron chi connectivity index (χ4n) is 11.5. The molecule has 2 aliphatic rings. The fraction of sp³-hybridized carbons (Fsp3) is 0.541. The average molecular weight is 1610 g/mol. The van der Waals surface area contributed by atoms with Gasteiger partial charge in [-0.3, -0.25) is 14.1 Å². The molecule has 6 heterocycles. The molecule has 27 nitrogen and oxygen atoms in total. The van der Waals surface area contributed by atoms with Crippen LogP contribution in [0.2, 0.25) is 36.3 Å². The van der Waals surface area contributed by atoms with Crippen molar-refractivity contribution in [3.63, 3.8) is 0 Å². The summed E-state index contributed by atoms with van der Waals surface area (Å²) in [5.74, 6) is -14.6. The number of halogens is 5. The van der Waals surface area contributed by atoms with Crippen LogP contribution >= 0.6 is 15.5 Å². The number of benzene rings is 3. The number of aliphatic hydroxyl groups excluding tert-OH is 1. The van der Waals surface area contributed by atoms with E-state index in [4.69, 9.17) is 57.4 Å². The molecule has 602 valence electrons. The van der Waals surface area contributed by atoms with Gasteiger partial charge >= 0.3 is 27.4 Å². The number of hydrogen-bond donors (Lipinski definition) is 5. The van der Waals surface area contributed by atoms with Crippen LogP contribution in [0, 0.1) is 75.4 Å². The van der Waals surface area contributed by atoms with Crippen molar-refractivity contribution in [1.82, 2.24) is 39.4 Å². The summed E-state index contributed by atoms with van der Waals surface area (Å²) in [4.78, 5) is 33.4. The van der Waals surface area contributed by atoms with E-state index in [2.05, 4.69) is 110 Å². The first-order valence-electron chi connectivity index (χ1n) is 36.3. The SMILES string of the molecule is CCC(CC)COC(=O)[C@H](C)N[P@](=O)(OC[C@H]1O[C@@](C#N)(c2ccc3c(N)ncnn23)[C@H](O[Si](C)(C)C(C)(C)C)[C@@H]1C)Oc1ccccc1.CCC(CC)COC(=O)[C@H](C)N[P@](=O)(Oc1ccccc1)Oc1c(F)c(F)c(F)c(F)c1F.C[C@H]1[C@@H](O[Si](C)(C)C(C)(C)C)[C@](C#N)(c2ccc3c(N)ncnn23)O[C@@H]1CO. The van der Waals surface area contributed by atoms with Crippen LogP contribution in [0.3, 0.4) is 0 Å². The lowest BCUT2D eigenvalue weighted by molar-refractivity contribution is -0.147. The Kier molecular flexibility index (Phi) is 29.8. The Balaban J connectivity index is 0.000000241. The monoisotopic (exact) mass is 1610 g/mol. The van der Waals surface area contributed by atoms with Gasteiger partial charge in [-0.15, -0.1) is 0 Å². The van der Waals surface area contributed by atoms with Crippen molar-refractivity contribution in [3.05, 3.63) is 138 Å². The number of carbonyl (C=O) groups is 2. The van der Waals surface area contributed by atoms with E-state index in [0.717, 1.165) is 25.7 Å². The van der Waals surface area contributed by atoms with Gasteiger partial charge in [-0.1, -0.05) is 145 Å². The van der Waals surface area contributed by atoms with Crippen LogP contribution in [-0.2, 0) is 62.2 Å². The molecule has 36 heteroatoms. The predicted molar refractivity (Wildman–Crippen MR) is 406 cm³/mol. The summed E-state index contributed by atoms with van der Waals surface area (Å²) >= 11 is 0. The van der Waals surface area contributed by atoms with Crippen LogP contribution in [0.15, 0.2) is 97.6 Å². The summed E-state index contributed by atoms with van der Waals surface area (Å²) in [6.07, 6.45) is 3.27. The van der Waals surface area contributed by atoms with Crippen molar-refractivity contribution in [2.75, 3.05) is 37.9 Å². The number of fused-ring (bicyclic) bond motifs is 2. The lowest BCUT2D eigenvalue weighted by Crippen LogP contribution is -2.51. The van der Waals surface area contributed by atoms with Crippen LogP contribution in [0.25, 0.3) is 11.0 Å². The quantitative estimate of drug-likeness (QED) is 0.00697. The zero-order valence-corrected chi connectivity index (χ0v) is 69.1. The van der Waals surface area contributed by atoms with E-state index >= 15 is 0 Å². The third kappa shape index (κ3) is 20.1. The Hall–Kier alpha value is -7.96. The van der Waals surface area contributed by atoms with E-state index in [9.17, 15) is 56.3 Å². The van der Waals surface area contributed by atoms with Gasteiger partial charge in [0.1, 0.15) is 59.4 Å². The van der Waals surface area contributed by atoms with Crippen LogP contribution in [-0.4, -0.2) is 126 Å². The highest BCUT2D eigenvalue weighted by Gasteiger charge is 2.62. The van der Waals surface area contributed by atoms with Gasteiger partial charge in [0.05, 0.1) is 62.2 Å². The van der Waals surface area contributed by atoms with Gasteiger partial charge in [-0.25, -0.2) is 41.3 Å². The van der Waals surface area contributed by atoms with Gasteiger partial charge in [0, 0.05) is 11.8 Å². The lowest BCUT2D eigenvalue weighted by atomic mass is 9.88. The highest BCUT2D eigenvalue weighted by molar-refractivity contribution is 7.52. The molecule has 3 aromatic carbocycles. The zero-order valence-electron chi connectivity index (χ0n) is 65.3. The smallest absolute Gasteiger partial charge is 0.464 e. The first-order chi connectivity index (χ1) is 51.5. The van der Waals surface area contributed by atoms with E-state index in [0.29, 0.717) is 28.2 Å². The molecule has 0 unspecified atom stereocenters. The summed E-state index contributed by atoms with van der Waals surface area (Å²) in [5.41, 5.74) is 11.1. The Morgan fingerprint density at radius 2 is 0.964 bits per heavy atom. The van der Waals surface area contributed by atoms with Crippen LogP contribution < -0.4 is 35.2 Å². The molecule has 7 aromatic rings. The molecule has 110 heavy (non-hydrogen) atoms. The molecule has 0 radical (unpaired) electrons. The minimum Gasteiger partial charge on any atom is -0.464 e. The minimum absolute atomic E-state index is 0.0426. The van der Waals surface area contributed by atoms with E-state index < -0.39 is 133 Å². The van der Waals surface area contributed by atoms with Crippen molar-refractivity contribution in [2.45, 2.75) is 207 Å². The maximum atomic E-state index is 14.4. The summed E-state index contributed by atoms with van der Waals surface area (Å²) in [6.45, 7) is 35.7. The van der Waals surface area contributed by atoms with Crippen molar-refractivity contribution < 1.29 is 91.7 Å². The second-order valence-electron chi connectivity index (χ2n) is 30.2. The van der Waals surface area contributed by atoms with Gasteiger partial charge in [0.25, 0.3) is 0 Å². The summed E-state index contributed by atoms with van der Waals surface area (Å²) in [7, 11) is -13.9.